The highest BCUT2D eigenvalue weighted by Crippen LogP contribution is 2.28. The van der Waals surface area contributed by atoms with Crippen LogP contribution in [0.2, 0.25) is 0 Å². The van der Waals surface area contributed by atoms with Gasteiger partial charge in [0.05, 0.1) is 6.54 Å². The summed E-state index contributed by atoms with van der Waals surface area (Å²) in [7, 11) is -2.03. The minimum atomic E-state index is -3.71. The van der Waals surface area contributed by atoms with E-state index in [4.69, 9.17) is 5.73 Å². The molecule has 154 valence electrons. The lowest BCUT2D eigenvalue weighted by Gasteiger charge is -2.23. The van der Waals surface area contributed by atoms with Gasteiger partial charge in [-0.25, -0.2) is 0 Å². The lowest BCUT2D eigenvalue weighted by atomic mass is 9.95. The molecule has 4 rings (SSSR count). The summed E-state index contributed by atoms with van der Waals surface area (Å²) >= 11 is 0. The third-order valence-corrected chi connectivity index (χ3v) is 6.62. The zero-order chi connectivity index (χ0) is 19.9. The molecule has 2 aliphatic heterocycles. The fraction of sp³-hybridized carbons (Fsp3) is 0.300. The normalized spacial score (nSPS) is 21.9. The molecule has 2 aromatic carbocycles. The number of fused-ring (bicyclic) bond motifs is 1. The molecule has 0 bridgehead atoms. The first-order chi connectivity index (χ1) is 13.4. The van der Waals surface area contributed by atoms with Crippen molar-refractivity contribution < 1.29 is 13.2 Å². The van der Waals surface area contributed by atoms with E-state index in [1.54, 1.807) is 35.0 Å². The molecule has 0 aliphatic carbocycles. The van der Waals surface area contributed by atoms with Crippen molar-refractivity contribution in [2.24, 2.45) is 10.1 Å². The van der Waals surface area contributed by atoms with Gasteiger partial charge in [-0.05, 0) is 17.7 Å². The summed E-state index contributed by atoms with van der Waals surface area (Å²) < 4.78 is 28.3. The molecule has 0 spiro atoms. The summed E-state index contributed by atoms with van der Waals surface area (Å²) in [5.41, 5.74) is 7.93. The van der Waals surface area contributed by atoms with E-state index in [2.05, 4.69) is 4.40 Å². The van der Waals surface area contributed by atoms with Crippen molar-refractivity contribution in [2.75, 3.05) is 26.7 Å². The van der Waals surface area contributed by atoms with Crippen LogP contribution in [-0.4, -0.2) is 62.7 Å². The van der Waals surface area contributed by atoms with Gasteiger partial charge in [-0.1, -0.05) is 42.5 Å². The average Bonchev–Trinajstić information content (AvgIpc) is 3.20. The topological polar surface area (TPSA) is 96.1 Å². The minimum Gasteiger partial charge on any atom is -0.349 e. The largest absolute Gasteiger partial charge is 0.349 e. The molecule has 0 saturated carbocycles. The van der Waals surface area contributed by atoms with Crippen molar-refractivity contribution in [1.82, 2.24) is 9.80 Å². The summed E-state index contributed by atoms with van der Waals surface area (Å²) in [6.45, 7) is 1.07. The molecular weight excluding hydrogens is 412 g/mol. The van der Waals surface area contributed by atoms with Crippen LogP contribution in [0, 0.1) is 0 Å². The number of nitrogens with two attached hydrogens (primary N) is 1. The predicted octanol–water partition coefficient (Wildman–Crippen LogP) is 1.44. The Morgan fingerprint density at radius 3 is 2.52 bits per heavy atom. The molecule has 2 aromatic rings. The SMILES string of the molecule is CN(CC(=O)N1C[C@@H](N)[C@H](c2ccccc2)C1)C1=NS(=O)(=O)c2ccccc21.Cl. The van der Waals surface area contributed by atoms with Gasteiger partial charge >= 0.3 is 0 Å². The lowest BCUT2D eigenvalue weighted by molar-refractivity contribution is -0.130. The maximum absolute atomic E-state index is 12.8. The predicted molar refractivity (Wildman–Crippen MR) is 114 cm³/mol. The molecule has 1 amide bonds. The van der Waals surface area contributed by atoms with Crippen LogP contribution >= 0.6 is 12.4 Å². The first-order valence-electron chi connectivity index (χ1n) is 9.10. The smallest absolute Gasteiger partial charge is 0.285 e. The van der Waals surface area contributed by atoms with Crippen LogP contribution in [0.25, 0.3) is 0 Å². The monoisotopic (exact) mass is 434 g/mol. The molecule has 2 aliphatic rings. The molecule has 0 unspecified atom stereocenters. The highest BCUT2D eigenvalue weighted by atomic mass is 35.5. The third-order valence-electron chi connectivity index (χ3n) is 5.29. The van der Waals surface area contributed by atoms with Gasteiger partial charge in [0.1, 0.15) is 4.90 Å². The molecule has 1 saturated heterocycles. The number of carbonyl (C=O) groups excluding carboxylic acids is 1. The molecular formula is C20H23ClN4O3S. The zero-order valence-corrected chi connectivity index (χ0v) is 17.6. The number of rotatable bonds is 3. The maximum Gasteiger partial charge on any atom is 0.285 e. The molecule has 9 heteroatoms. The molecule has 2 heterocycles. The van der Waals surface area contributed by atoms with E-state index in [1.165, 1.54) is 6.07 Å². The van der Waals surface area contributed by atoms with Crippen molar-refractivity contribution in [2.45, 2.75) is 16.9 Å². The summed E-state index contributed by atoms with van der Waals surface area (Å²) in [6.07, 6.45) is 0. The second-order valence-corrected chi connectivity index (χ2v) is 8.79. The first kappa shape index (κ1) is 21.3. The van der Waals surface area contributed by atoms with E-state index in [0.29, 0.717) is 24.5 Å². The Balaban J connectivity index is 0.00000240. The second-order valence-electron chi connectivity index (χ2n) is 7.22. The van der Waals surface area contributed by atoms with Crippen molar-refractivity contribution >= 4 is 34.2 Å². The van der Waals surface area contributed by atoms with E-state index in [0.717, 1.165) is 5.56 Å². The Morgan fingerprint density at radius 2 is 1.79 bits per heavy atom. The molecule has 29 heavy (non-hydrogen) atoms. The summed E-state index contributed by atoms with van der Waals surface area (Å²) in [5.74, 6) is 0.299. The first-order valence-corrected chi connectivity index (χ1v) is 10.5. The van der Waals surface area contributed by atoms with E-state index < -0.39 is 10.0 Å². The zero-order valence-electron chi connectivity index (χ0n) is 15.9. The number of sulfonamides is 1. The van der Waals surface area contributed by atoms with E-state index in [9.17, 15) is 13.2 Å². The number of hydrogen-bond acceptors (Lipinski definition) is 5. The van der Waals surface area contributed by atoms with Crippen LogP contribution < -0.4 is 5.73 Å². The molecule has 0 aromatic heterocycles. The van der Waals surface area contributed by atoms with Crippen LogP contribution in [0.1, 0.15) is 17.0 Å². The standard InChI is InChI=1S/C20H22N4O3S.ClH/c1-23(20-15-9-5-6-10-18(15)28(26,27)22-20)13-19(25)24-11-16(17(21)12-24)14-7-3-2-4-8-14;/h2-10,16-17H,11-13,21H2,1H3;1H/t16-,17+;/m0./s1. The Bertz CT molecular complexity index is 1040. The van der Waals surface area contributed by atoms with E-state index in [-0.39, 0.29) is 41.7 Å². The molecule has 1 fully saturated rings. The quantitative estimate of drug-likeness (QED) is 0.788. The van der Waals surface area contributed by atoms with E-state index in [1.807, 2.05) is 30.3 Å². The molecule has 2 N–H and O–H groups in total. The Labute approximate surface area is 176 Å². The van der Waals surface area contributed by atoms with E-state index >= 15 is 0 Å². The Kier molecular flexibility index (Phi) is 5.97. The van der Waals surface area contributed by atoms with Crippen LogP contribution in [0.3, 0.4) is 0 Å². The van der Waals surface area contributed by atoms with Gasteiger partial charge in [0.25, 0.3) is 10.0 Å². The number of amides is 1. The van der Waals surface area contributed by atoms with Crippen molar-refractivity contribution in [3.63, 3.8) is 0 Å². The highest BCUT2D eigenvalue weighted by molar-refractivity contribution is 7.90. The lowest BCUT2D eigenvalue weighted by Crippen LogP contribution is -2.41. The number of amidine groups is 1. The number of halogens is 1. The van der Waals surface area contributed by atoms with Gasteiger partial charge in [-0.3, -0.25) is 4.79 Å². The fourth-order valence-corrected chi connectivity index (χ4v) is 5.08. The van der Waals surface area contributed by atoms with Gasteiger partial charge in [-0.15, -0.1) is 16.8 Å². The number of hydrogen-bond donors (Lipinski definition) is 1. The Hall–Kier alpha value is -2.42. The molecule has 2 atom stereocenters. The van der Waals surface area contributed by atoms with Gasteiger partial charge in [0, 0.05) is 37.7 Å². The summed E-state index contributed by atoms with van der Waals surface area (Å²) in [5, 5.41) is 0. The minimum absolute atomic E-state index is 0. The van der Waals surface area contributed by atoms with Crippen LogP contribution in [-0.2, 0) is 14.8 Å². The van der Waals surface area contributed by atoms with Gasteiger partial charge in [-0.2, -0.15) is 8.42 Å². The maximum atomic E-state index is 12.8. The second kappa shape index (κ2) is 8.14. The number of likely N-dealkylation sites (tertiary alicyclic amines) is 1. The summed E-state index contributed by atoms with van der Waals surface area (Å²) in [6, 6.07) is 16.5. The van der Waals surface area contributed by atoms with Gasteiger partial charge < -0.3 is 15.5 Å². The van der Waals surface area contributed by atoms with Crippen molar-refractivity contribution in [3.05, 3.63) is 65.7 Å². The Morgan fingerprint density at radius 1 is 1.14 bits per heavy atom. The fourth-order valence-electron chi connectivity index (χ4n) is 3.83. The van der Waals surface area contributed by atoms with Crippen LogP contribution in [0.5, 0.6) is 0 Å². The number of likely N-dealkylation sites (N-methyl/N-ethyl adjacent to an activating group) is 1. The summed E-state index contributed by atoms with van der Waals surface area (Å²) in [4.78, 5) is 16.3. The number of benzene rings is 2. The number of carbonyl (C=O) groups is 1. The molecule has 7 nitrogen and oxygen atoms in total. The van der Waals surface area contributed by atoms with Gasteiger partial charge in [0.15, 0.2) is 5.84 Å². The van der Waals surface area contributed by atoms with Crippen molar-refractivity contribution in [3.8, 4) is 0 Å². The highest BCUT2D eigenvalue weighted by Gasteiger charge is 2.35. The molecule has 0 radical (unpaired) electrons. The van der Waals surface area contributed by atoms with Crippen LogP contribution in [0.15, 0.2) is 63.9 Å². The average molecular weight is 435 g/mol. The van der Waals surface area contributed by atoms with Gasteiger partial charge in [0.2, 0.25) is 5.91 Å². The van der Waals surface area contributed by atoms with Crippen molar-refractivity contribution in [1.29, 1.82) is 0 Å². The third kappa shape index (κ3) is 4.01. The number of nitrogens with zero attached hydrogens (tertiary/aromatic N) is 3. The van der Waals surface area contributed by atoms with Crippen LogP contribution in [0.4, 0.5) is 0 Å².